The maximum absolute atomic E-state index is 11.7. The number of piperidine rings is 1. The molecule has 1 aromatic carbocycles. The number of aromatic nitrogens is 4. The topological polar surface area (TPSA) is 89.5 Å². The number of aryl methyl sites for hydroxylation is 2. The van der Waals surface area contributed by atoms with Gasteiger partial charge in [-0.15, -0.1) is 0 Å². The summed E-state index contributed by atoms with van der Waals surface area (Å²) in [5.41, 5.74) is 3.22. The second kappa shape index (κ2) is 7.96. The third-order valence-electron chi connectivity index (χ3n) is 6.54. The summed E-state index contributed by atoms with van der Waals surface area (Å²) in [5.74, 6) is 1.41. The SMILES string of the molecule is CCc1nn(-c2noc(C3CN(C4CCN(C(=O)OC)CC4)C3)n2)c2cc(C)ccc12. The fourth-order valence-electron chi connectivity index (χ4n) is 4.69. The Morgan fingerprint density at radius 2 is 2.03 bits per heavy atom. The van der Waals surface area contributed by atoms with Gasteiger partial charge in [0, 0.05) is 37.6 Å². The molecule has 0 N–H and O–H groups in total. The first-order chi connectivity index (χ1) is 15.1. The minimum absolute atomic E-state index is 0.231. The number of benzene rings is 1. The van der Waals surface area contributed by atoms with Crippen molar-refractivity contribution in [3.8, 4) is 5.95 Å². The molecule has 164 valence electrons. The lowest BCUT2D eigenvalue weighted by atomic mass is 9.93. The summed E-state index contributed by atoms with van der Waals surface area (Å²) in [7, 11) is 1.43. The second-order valence-electron chi connectivity index (χ2n) is 8.50. The van der Waals surface area contributed by atoms with Crippen molar-refractivity contribution in [3.05, 3.63) is 35.3 Å². The summed E-state index contributed by atoms with van der Waals surface area (Å²) in [6.07, 6.45) is 2.56. The lowest BCUT2D eigenvalue weighted by Crippen LogP contribution is -2.54. The maximum atomic E-state index is 11.7. The van der Waals surface area contributed by atoms with E-state index in [1.165, 1.54) is 12.7 Å². The van der Waals surface area contributed by atoms with Crippen LogP contribution >= 0.6 is 0 Å². The van der Waals surface area contributed by atoms with Gasteiger partial charge in [-0.2, -0.15) is 14.8 Å². The summed E-state index contributed by atoms with van der Waals surface area (Å²) in [6, 6.07) is 6.82. The van der Waals surface area contributed by atoms with Gasteiger partial charge < -0.3 is 14.2 Å². The molecule has 0 saturated carbocycles. The maximum Gasteiger partial charge on any atom is 0.409 e. The third kappa shape index (κ3) is 3.56. The summed E-state index contributed by atoms with van der Waals surface area (Å²) in [6.45, 7) is 7.48. The highest BCUT2D eigenvalue weighted by molar-refractivity contribution is 5.83. The molecule has 31 heavy (non-hydrogen) atoms. The molecule has 0 spiro atoms. The molecule has 5 rings (SSSR count). The molecular formula is C22H28N6O3. The molecule has 9 heteroatoms. The van der Waals surface area contributed by atoms with Crippen LogP contribution in [0.2, 0.25) is 0 Å². The molecule has 4 heterocycles. The molecule has 2 saturated heterocycles. The fourth-order valence-corrected chi connectivity index (χ4v) is 4.69. The number of amides is 1. The van der Waals surface area contributed by atoms with Gasteiger partial charge in [-0.3, -0.25) is 4.90 Å². The number of fused-ring (bicyclic) bond motifs is 1. The number of nitrogens with zero attached hydrogens (tertiary/aromatic N) is 6. The number of methoxy groups -OCH3 is 1. The number of hydrogen-bond donors (Lipinski definition) is 0. The molecule has 1 amide bonds. The van der Waals surface area contributed by atoms with Crippen LogP contribution in [0.1, 0.15) is 42.8 Å². The quantitative estimate of drug-likeness (QED) is 0.636. The van der Waals surface area contributed by atoms with E-state index >= 15 is 0 Å². The lowest BCUT2D eigenvalue weighted by molar-refractivity contribution is 0.0353. The van der Waals surface area contributed by atoms with Crippen molar-refractivity contribution in [2.24, 2.45) is 0 Å². The van der Waals surface area contributed by atoms with E-state index in [2.05, 4.69) is 47.1 Å². The number of carbonyl (C=O) groups is 1. The molecule has 0 radical (unpaired) electrons. The summed E-state index contributed by atoms with van der Waals surface area (Å²) >= 11 is 0. The van der Waals surface area contributed by atoms with Gasteiger partial charge in [0.2, 0.25) is 5.89 Å². The first kappa shape index (κ1) is 20.0. The van der Waals surface area contributed by atoms with Crippen molar-refractivity contribution in [1.29, 1.82) is 0 Å². The predicted octanol–water partition coefficient (Wildman–Crippen LogP) is 2.91. The number of ether oxygens (including phenoxy) is 1. The molecule has 9 nitrogen and oxygen atoms in total. The zero-order valence-electron chi connectivity index (χ0n) is 18.2. The second-order valence-corrected chi connectivity index (χ2v) is 8.50. The average Bonchev–Trinajstić information content (AvgIpc) is 3.37. The molecule has 3 aromatic rings. The predicted molar refractivity (Wildman–Crippen MR) is 114 cm³/mol. The summed E-state index contributed by atoms with van der Waals surface area (Å²) < 4.78 is 12.2. The van der Waals surface area contributed by atoms with Gasteiger partial charge >= 0.3 is 6.09 Å². The Balaban J connectivity index is 1.26. The van der Waals surface area contributed by atoms with Crippen LogP contribution in [0.5, 0.6) is 0 Å². The zero-order chi connectivity index (χ0) is 21.5. The highest BCUT2D eigenvalue weighted by atomic mass is 16.5. The molecule has 0 atom stereocenters. The van der Waals surface area contributed by atoms with Crippen LogP contribution in [0.25, 0.3) is 16.9 Å². The van der Waals surface area contributed by atoms with Crippen LogP contribution in [-0.4, -0.2) is 75.1 Å². The monoisotopic (exact) mass is 424 g/mol. The van der Waals surface area contributed by atoms with Crippen LogP contribution in [0.4, 0.5) is 4.79 Å². The first-order valence-corrected chi connectivity index (χ1v) is 11.0. The molecule has 0 unspecified atom stereocenters. The molecule has 2 aromatic heterocycles. The van der Waals surface area contributed by atoms with Gasteiger partial charge in [0.1, 0.15) is 0 Å². The van der Waals surface area contributed by atoms with Crippen LogP contribution < -0.4 is 0 Å². The van der Waals surface area contributed by atoms with Gasteiger partial charge in [0.05, 0.1) is 24.2 Å². The smallest absolute Gasteiger partial charge is 0.409 e. The van der Waals surface area contributed by atoms with Crippen molar-refractivity contribution in [2.45, 2.75) is 45.1 Å². The van der Waals surface area contributed by atoms with Gasteiger partial charge in [-0.1, -0.05) is 19.1 Å². The molecule has 0 aliphatic carbocycles. The normalized spacial score (nSPS) is 18.5. The van der Waals surface area contributed by atoms with Gasteiger partial charge in [0.15, 0.2) is 0 Å². The lowest BCUT2D eigenvalue weighted by Gasteiger charge is -2.45. The largest absolute Gasteiger partial charge is 0.453 e. The van der Waals surface area contributed by atoms with Crippen LogP contribution in [-0.2, 0) is 11.2 Å². The van der Waals surface area contributed by atoms with E-state index in [-0.39, 0.29) is 12.0 Å². The highest BCUT2D eigenvalue weighted by Crippen LogP contribution is 2.32. The van der Waals surface area contributed by atoms with E-state index in [0.717, 1.165) is 62.0 Å². The zero-order valence-corrected chi connectivity index (χ0v) is 18.2. The Kier molecular flexibility index (Phi) is 5.13. The standard InChI is InChI=1S/C22H28N6O3/c1-4-18-17-6-5-14(2)11-19(17)28(24-18)21-23-20(31-25-21)15-12-27(13-15)16-7-9-26(10-8-16)22(29)30-3/h5-6,11,15-16H,4,7-10,12-13H2,1-3H3. The van der Waals surface area contributed by atoms with Crippen molar-refractivity contribution in [2.75, 3.05) is 33.3 Å². The van der Waals surface area contributed by atoms with Crippen LogP contribution in [0, 0.1) is 6.92 Å². The number of hydrogen-bond acceptors (Lipinski definition) is 7. The molecule has 0 bridgehead atoms. The molecule has 2 aliphatic rings. The Labute approximate surface area is 180 Å². The first-order valence-electron chi connectivity index (χ1n) is 11.0. The van der Waals surface area contributed by atoms with E-state index in [9.17, 15) is 4.79 Å². The van der Waals surface area contributed by atoms with E-state index in [1.807, 2.05) is 0 Å². The molecule has 2 fully saturated rings. The average molecular weight is 425 g/mol. The highest BCUT2D eigenvalue weighted by Gasteiger charge is 2.38. The fraction of sp³-hybridized carbons (Fsp3) is 0.545. The summed E-state index contributed by atoms with van der Waals surface area (Å²) in [4.78, 5) is 20.6. The third-order valence-corrected chi connectivity index (χ3v) is 6.54. The van der Waals surface area contributed by atoms with Gasteiger partial charge in [-0.25, -0.2) is 4.79 Å². The van der Waals surface area contributed by atoms with Crippen molar-refractivity contribution < 1.29 is 14.1 Å². The Morgan fingerprint density at radius 3 is 2.74 bits per heavy atom. The van der Waals surface area contributed by atoms with Crippen molar-refractivity contribution in [3.63, 3.8) is 0 Å². The van der Waals surface area contributed by atoms with E-state index in [0.29, 0.717) is 17.9 Å². The van der Waals surface area contributed by atoms with Gasteiger partial charge in [0.25, 0.3) is 5.95 Å². The van der Waals surface area contributed by atoms with Crippen LogP contribution in [0.15, 0.2) is 22.7 Å². The van der Waals surface area contributed by atoms with Crippen molar-refractivity contribution >= 4 is 17.0 Å². The molecular weight excluding hydrogens is 396 g/mol. The number of carbonyl (C=O) groups excluding carboxylic acids is 1. The van der Waals surface area contributed by atoms with Gasteiger partial charge in [-0.05, 0) is 43.0 Å². The number of rotatable bonds is 4. The Bertz CT molecular complexity index is 1090. The van der Waals surface area contributed by atoms with Crippen molar-refractivity contribution in [1.82, 2.24) is 29.7 Å². The minimum Gasteiger partial charge on any atom is -0.453 e. The Morgan fingerprint density at radius 1 is 1.26 bits per heavy atom. The minimum atomic E-state index is -0.231. The molecule has 2 aliphatic heterocycles. The number of likely N-dealkylation sites (tertiary alicyclic amines) is 2. The summed E-state index contributed by atoms with van der Waals surface area (Å²) in [5, 5.41) is 10.1. The van der Waals surface area contributed by atoms with E-state index in [1.54, 1.807) is 9.58 Å². The van der Waals surface area contributed by atoms with Crippen LogP contribution in [0.3, 0.4) is 0 Å². The van der Waals surface area contributed by atoms with E-state index in [4.69, 9.17) is 14.4 Å². The van der Waals surface area contributed by atoms with E-state index < -0.39 is 0 Å². The Hall–Kier alpha value is -2.94.